The van der Waals surface area contributed by atoms with Crippen LogP contribution < -0.4 is 5.32 Å². The van der Waals surface area contributed by atoms with Gasteiger partial charge in [0.05, 0.1) is 6.20 Å². The molecule has 30 heavy (non-hydrogen) atoms. The van der Waals surface area contributed by atoms with Gasteiger partial charge in [-0.05, 0) is 56.3 Å². The van der Waals surface area contributed by atoms with Gasteiger partial charge in [-0.25, -0.2) is 19.3 Å². The molecule has 0 radical (unpaired) electrons. The maximum Gasteiger partial charge on any atom is 0.180 e. The summed E-state index contributed by atoms with van der Waals surface area (Å²) in [5.41, 5.74) is 1.37. The van der Waals surface area contributed by atoms with Crippen LogP contribution in [0, 0.1) is 11.7 Å². The average Bonchev–Trinajstić information content (AvgIpc) is 3.18. The zero-order valence-electron chi connectivity index (χ0n) is 17.3. The second kappa shape index (κ2) is 8.68. The van der Waals surface area contributed by atoms with E-state index in [0.29, 0.717) is 23.2 Å². The fourth-order valence-electron chi connectivity index (χ4n) is 4.97. The van der Waals surface area contributed by atoms with E-state index in [4.69, 9.17) is 4.98 Å². The molecule has 3 aromatic heterocycles. The van der Waals surface area contributed by atoms with Crippen LogP contribution in [0.2, 0.25) is 0 Å². The van der Waals surface area contributed by atoms with Crippen molar-refractivity contribution in [2.45, 2.75) is 51.0 Å². The molecule has 1 saturated heterocycles. The summed E-state index contributed by atoms with van der Waals surface area (Å²) in [6.07, 6.45) is 14.2. The van der Waals surface area contributed by atoms with Crippen molar-refractivity contribution in [2.24, 2.45) is 5.92 Å². The Morgan fingerprint density at radius 3 is 2.83 bits per heavy atom. The van der Waals surface area contributed by atoms with Crippen LogP contribution in [0.15, 0.2) is 36.8 Å². The maximum atomic E-state index is 13.7. The highest BCUT2D eigenvalue weighted by molar-refractivity contribution is 5.58. The Labute approximate surface area is 176 Å². The number of aromatic nitrogens is 4. The maximum absolute atomic E-state index is 13.7. The van der Waals surface area contributed by atoms with Crippen molar-refractivity contribution >= 4 is 11.5 Å². The SMILES string of the molecule is Fc1ccc2ncc(-c3nccc(N[C@@H]4CCCN(CC5CCCCC5)C4)n3)n2c1. The molecular weight excluding hydrogens is 379 g/mol. The van der Waals surface area contributed by atoms with Gasteiger partial charge < -0.3 is 10.2 Å². The summed E-state index contributed by atoms with van der Waals surface area (Å²) in [5.74, 6) is 1.93. The van der Waals surface area contributed by atoms with Gasteiger partial charge in [0, 0.05) is 31.5 Å². The number of halogens is 1. The van der Waals surface area contributed by atoms with Gasteiger partial charge >= 0.3 is 0 Å². The number of likely N-dealkylation sites (tertiary alicyclic amines) is 1. The Morgan fingerprint density at radius 1 is 1.03 bits per heavy atom. The number of hydrogen-bond donors (Lipinski definition) is 1. The van der Waals surface area contributed by atoms with E-state index in [0.717, 1.165) is 24.7 Å². The highest BCUT2D eigenvalue weighted by Crippen LogP contribution is 2.26. The summed E-state index contributed by atoms with van der Waals surface area (Å²) >= 11 is 0. The molecule has 0 bridgehead atoms. The first-order valence-corrected chi connectivity index (χ1v) is 11.2. The second-order valence-electron chi connectivity index (χ2n) is 8.73. The number of pyridine rings is 1. The van der Waals surface area contributed by atoms with E-state index >= 15 is 0 Å². The monoisotopic (exact) mass is 408 g/mol. The minimum atomic E-state index is -0.309. The van der Waals surface area contributed by atoms with Crippen LogP contribution in [0.4, 0.5) is 10.2 Å². The quantitative estimate of drug-likeness (QED) is 0.679. The molecule has 1 saturated carbocycles. The molecule has 4 heterocycles. The zero-order valence-corrected chi connectivity index (χ0v) is 17.3. The fraction of sp³-hybridized carbons (Fsp3) is 0.522. The van der Waals surface area contributed by atoms with Gasteiger partial charge in [0.1, 0.15) is 23.0 Å². The molecule has 0 unspecified atom stereocenters. The minimum Gasteiger partial charge on any atom is -0.366 e. The van der Waals surface area contributed by atoms with Crippen molar-refractivity contribution in [2.75, 3.05) is 25.0 Å². The lowest BCUT2D eigenvalue weighted by molar-refractivity contribution is 0.166. The van der Waals surface area contributed by atoms with Crippen LogP contribution >= 0.6 is 0 Å². The smallest absolute Gasteiger partial charge is 0.180 e. The highest BCUT2D eigenvalue weighted by atomic mass is 19.1. The van der Waals surface area contributed by atoms with Gasteiger partial charge in [0.15, 0.2) is 5.82 Å². The summed E-state index contributed by atoms with van der Waals surface area (Å²) in [5, 5.41) is 3.61. The van der Waals surface area contributed by atoms with Gasteiger partial charge in [-0.1, -0.05) is 19.3 Å². The molecule has 6 nitrogen and oxygen atoms in total. The van der Waals surface area contributed by atoms with Gasteiger partial charge in [-0.2, -0.15) is 0 Å². The van der Waals surface area contributed by atoms with Gasteiger partial charge in [0.2, 0.25) is 0 Å². The zero-order chi connectivity index (χ0) is 20.3. The molecule has 5 rings (SSSR count). The van der Waals surface area contributed by atoms with E-state index in [9.17, 15) is 4.39 Å². The van der Waals surface area contributed by atoms with Crippen LogP contribution in [0.3, 0.4) is 0 Å². The Morgan fingerprint density at radius 2 is 1.93 bits per heavy atom. The third-order valence-electron chi connectivity index (χ3n) is 6.45. The van der Waals surface area contributed by atoms with Crippen LogP contribution in [-0.4, -0.2) is 49.9 Å². The fourth-order valence-corrected chi connectivity index (χ4v) is 4.97. The van der Waals surface area contributed by atoms with Crippen LogP contribution in [0.1, 0.15) is 44.9 Å². The lowest BCUT2D eigenvalue weighted by Gasteiger charge is -2.36. The number of rotatable bonds is 5. The van der Waals surface area contributed by atoms with Crippen molar-refractivity contribution in [1.29, 1.82) is 0 Å². The molecule has 0 amide bonds. The number of piperidine rings is 1. The molecule has 1 aliphatic heterocycles. The Hall–Kier alpha value is -2.54. The van der Waals surface area contributed by atoms with E-state index < -0.39 is 0 Å². The number of fused-ring (bicyclic) bond motifs is 1. The minimum absolute atomic E-state index is 0.309. The summed E-state index contributed by atoms with van der Waals surface area (Å²) in [6.45, 7) is 3.51. The van der Waals surface area contributed by atoms with E-state index in [1.54, 1.807) is 22.9 Å². The van der Waals surface area contributed by atoms with Crippen molar-refractivity contribution in [3.63, 3.8) is 0 Å². The standard InChI is InChI=1S/C23H29FN6/c24-18-8-9-22-26-13-20(30(22)15-18)23-25-11-10-21(28-23)27-19-7-4-12-29(16-19)14-17-5-2-1-3-6-17/h8-11,13,15,17,19H,1-7,12,14,16H2,(H,25,27,28)/t19-/m1/s1. The molecule has 2 aliphatic rings. The highest BCUT2D eigenvalue weighted by Gasteiger charge is 2.24. The molecule has 7 heteroatoms. The second-order valence-corrected chi connectivity index (χ2v) is 8.73. The lowest BCUT2D eigenvalue weighted by atomic mass is 9.88. The number of imidazole rings is 1. The van der Waals surface area contributed by atoms with E-state index in [-0.39, 0.29) is 5.82 Å². The number of hydrogen-bond acceptors (Lipinski definition) is 5. The lowest BCUT2D eigenvalue weighted by Crippen LogP contribution is -2.44. The molecule has 1 N–H and O–H groups in total. The summed E-state index contributed by atoms with van der Waals surface area (Å²) in [6, 6.07) is 5.37. The molecule has 0 aromatic carbocycles. The predicted molar refractivity (Wildman–Crippen MR) is 116 cm³/mol. The molecule has 158 valence electrons. The van der Waals surface area contributed by atoms with Crippen molar-refractivity contribution in [3.05, 3.63) is 42.6 Å². The molecule has 3 aromatic rings. The third kappa shape index (κ3) is 4.31. The van der Waals surface area contributed by atoms with Crippen molar-refractivity contribution in [3.8, 4) is 11.5 Å². The topological polar surface area (TPSA) is 58.4 Å². The Bertz CT molecular complexity index is 996. The molecule has 2 fully saturated rings. The first-order valence-electron chi connectivity index (χ1n) is 11.2. The first-order chi connectivity index (χ1) is 14.7. The molecular formula is C23H29FN6. The van der Waals surface area contributed by atoms with Gasteiger partial charge in [-0.3, -0.25) is 4.40 Å². The Kier molecular flexibility index (Phi) is 5.62. The normalized spacial score (nSPS) is 21.2. The molecule has 0 spiro atoms. The largest absolute Gasteiger partial charge is 0.366 e. The number of nitrogens with zero attached hydrogens (tertiary/aromatic N) is 5. The Balaban J connectivity index is 1.28. The van der Waals surface area contributed by atoms with Crippen molar-refractivity contribution < 1.29 is 4.39 Å². The summed E-state index contributed by atoms with van der Waals surface area (Å²) in [7, 11) is 0. The van der Waals surface area contributed by atoms with E-state index in [1.807, 2.05) is 6.07 Å². The summed E-state index contributed by atoms with van der Waals surface area (Å²) in [4.78, 5) is 16.1. The molecule has 1 aliphatic carbocycles. The number of anilines is 1. The van der Waals surface area contributed by atoms with Gasteiger partial charge in [0.25, 0.3) is 0 Å². The van der Waals surface area contributed by atoms with Crippen LogP contribution in [0.5, 0.6) is 0 Å². The van der Waals surface area contributed by atoms with E-state index in [2.05, 4.69) is 20.2 Å². The van der Waals surface area contributed by atoms with Crippen LogP contribution in [-0.2, 0) is 0 Å². The van der Waals surface area contributed by atoms with Gasteiger partial charge in [-0.15, -0.1) is 0 Å². The average molecular weight is 409 g/mol. The van der Waals surface area contributed by atoms with Crippen molar-refractivity contribution in [1.82, 2.24) is 24.3 Å². The first kappa shape index (κ1) is 19.4. The number of nitrogens with one attached hydrogen (secondary N) is 1. The van der Waals surface area contributed by atoms with E-state index in [1.165, 1.54) is 63.9 Å². The van der Waals surface area contributed by atoms with Crippen LogP contribution in [0.25, 0.3) is 17.2 Å². The summed E-state index contributed by atoms with van der Waals surface area (Å²) < 4.78 is 15.4. The third-order valence-corrected chi connectivity index (χ3v) is 6.45. The molecule has 1 atom stereocenters. The predicted octanol–water partition coefficient (Wildman–Crippen LogP) is 4.39.